The lowest BCUT2D eigenvalue weighted by Crippen LogP contribution is -2.53. The van der Waals surface area contributed by atoms with Crippen LogP contribution in [0.5, 0.6) is 0 Å². The van der Waals surface area contributed by atoms with Crippen molar-refractivity contribution >= 4 is 0 Å². The number of nitrogens with zero attached hydrogens (tertiary/aromatic N) is 2. The van der Waals surface area contributed by atoms with Crippen LogP contribution in [0.1, 0.15) is 32.1 Å². The molecule has 3 atom stereocenters. The minimum Gasteiger partial charge on any atom is -0.394 e. The van der Waals surface area contributed by atoms with Crippen molar-refractivity contribution < 1.29 is 5.11 Å². The monoisotopic (exact) mass is 239 g/mol. The first-order chi connectivity index (χ1) is 8.20. The molecule has 98 valence electrons. The van der Waals surface area contributed by atoms with E-state index in [1.807, 2.05) is 0 Å². The van der Waals surface area contributed by atoms with Gasteiger partial charge in [-0.3, -0.25) is 9.80 Å². The van der Waals surface area contributed by atoms with Crippen LogP contribution in [0.25, 0.3) is 0 Å². The van der Waals surface area contributed by atoms with Crippen molar-refractivity contribution in [3.05, 3.63) is 0 Å². The third-order valence-corrected chi connectivity index (χ3v) is 5.07. The Morgan fingerprint density at radius 1 is 1.12 bits per heavy atom. The Kier molecular flexibility index (Phi) is 3.15. The number of hydrogen-bond donors (Lipinski definition) is 2. The number of piperazine rings is 1. The molecule has 3 unspecified atom stereocenters. The van der Waals surface area contributed by atoms with Crippen LogP contribution in [0.3, 0.4) is 0 Å². The molecule has 4 nitrogen and oxygen atoms in total. The van der Waals surface area contributed by atoms with E-state index < -0.39 is 0 Å². The van der Waals surface area contributed by atoms with E-state index >= 15 is 0 Å². The molecule has 0 aromatic heterocycles. The molecule has 3 rings (SSSR count). The summed E-state index contributed by atoms with van der Waals surface area (Å²) in [5.74, 6) is 0. The largest absolute Gasteiger partial charge is 0.394 e. The van der Waals surface area contributed by atoms with Crippen LogP contribution < -0.4 is 5.73 Å². The van der Waals surface area contributed by atoms with Crippen LogP contribution in [0, 0.1) is 0 Å². The van der Waals surface area contributed by atoms with E-state index in [9.17, 15) is 5.11 Å². The van der Waals surface area contributed by atoms with Crippen LogP contribution in [-0.4, -0.2) is 65.3 Å². The van der Waals surface area contributed by atoms with E-state index in [-0.39, 0.29) is 12.1 Å². The molecule has 3 N–H and O–H groups in total. The number of fused-ring (bicyclic) bond motifs is 1. The standard InChI is InChI=1S/C13H25N3O/c14-13(10-17)4-3-11(8-13)16-7-6-15-5-1-2-12(15)9-16/h11-12,17H,1-10,14H2. The molecular formula is C13H25N3O. The van der Waals surface area contributed by atoms with Crippen molar-refractivity contribution in [2.45, 2.75) is 49.7 Å². The van der Waals surface area contributed by atoms with Gasteiger partial charge in [-0.05, 0) is 38.6 Å². The Bertz CT molecular complexity index is 286. The van der Waals surface area contributed by atoms with Crippen molar-refractivity contribution in [2.75, 3.05) is 32.8 Å². The highest BCUT2D eigenvalue weighted by Gasteiger charge is 2.40. The van der Waals surface area contributed by atoms with Crippen LogP contribution in [0.4, 0.5) is 0 Å². The molecule has 0 spiro atoms. The van der Waals surface area contributed by atoms with Crippen LogP contribution >= 0.6 is 0 Å². The summed E-state index contributed by atoms with van der Waals surface area (Å²) in [6.45, 7) is 5.11. The van der Waals surface area contributed by atoms with Gasteiger partial charge in [0.25, 0.3) is 0 Å². The second kappa shape index (κ2) is 4.50. The fraction of sp³-hybridized carbons (Fsp3) is 1.00. The average molecular weight is 239 g/mol. The summed E-state index contributed by atoms with van der Waals surface area (Å²) in [4.78, 5) is 5.28. The zero-order valence-electron chi connectivity index (χ0n) is 10.6. The highest BCUT2D eigenvalue weighted by Crippen LogP contribution is 2.33. The van der Waals surface area contributed by atoms with Gasteiger partial charge in [-0.2, -0.15) is 0 Å². The van der Waals surface area contributed by atoms with Gasteiger partial charge >= 0.3 is 0 Å². The molecule has 1 aliphatic carbocycles. The second-order valence-electron chi connectivity index (χ2n) is 6.24. The van der Waals surface area contributed by atoms with Crippen LogP contribution in [0.15, 0.2) is 0 Å². The quantitative estimate of drug-likeness (QED) is 0.713. The maximum Gasteiger partial charge on any atom is 0.0611 e. The summed E-state index contributed by atoms with van der Waals surface area (Å²) < 4.78 is 0. The topological polar surface area (TPSA) is 52.7 Å². The first kappa shape index (κ1) is 11.9. The maximum atomic E-state index is 9.34. The highest BCUT2D eigenvalue weighted by molar-refractivity contribution is 4.99. The third-order valence-electron chi connectivity index (χ3n) is 5.07. The Morgan fingerprint density at radius 2 is 1.94 bits per heavy atom. The molecule has 0 aromatic rings. The number of hydrogen-bond acceptors (Lipinski definition) is 4. The van der Waals surface area contributed by atoms with Crippen molar-refractivity contribution in [2.24, 2.45) is 5.73 Å². The van der Waals surface area contributed by atoms with E-state index in [1.165, 1.54) is 45.4 Å². The zero-order valence-corrected chi connectivity index (χ0v) is 10.6. The molecule has 0 radical (unpaired) electrons. The van der Waals surface area contributed by atoms with Gasteiger partial charge in [0.15, 0.2) is 0 Å². The number of aliphatic hydroxyl groups excluding tert-OH is 1. The van der Waals surface area contributed by atoms with E-state index in [0.29, 0.717) is 6.04 Å². The lowest BCUT2D eigenvalue weighted by Gasteiger charge is -2.41. The summed E-state index contributed by atoms with van der Waals surface area (Å²) in [6, 6.07) is 1.42. The fourth-order valence-corrected chi connectivity index (χ4v) is 3.93. The van der Waals surface area contributed by atoms with E-state index in [0.717, 1.165) is 18.9 Å². The number of nitrogens with two attached hydrogens (primary N) is 1. The predicted octanol–water partition coefficient (Wildman–Crippen LogP) is 0.00870. The van der Waals surface area contributed by atoms with E-state index in [2.05, 4.69) is 9.80 Å². The minimum atomic E-state index is -0.294. The second-order valence-corrected chi connectivity index (χ2v) is 6.24. The normalized spacial score (nSPS) is 44.1. The predicted molar refractivity (Wildman–Crippen MR) is 67.8 cm³/mol. The van der Waals surface area contributed by atoms with Gasteiger partial charge < -0.3 is 10.8 Å². The Morgan fingerprint density at radius 3 is 2.71 bits per heavy atom. The molecule has 2 saturated heterocycles. The van der Waals surface area contributed by atoms with Gasteiger partial charge in [0.05, 0.1) is 6.61 Å². The minimum absolute atomic E-state index is 0.146. The summed E-state index contributed by atoms with van der Waals surface area (Å²) >= 11 is 0. The van der Waals surface area contributed by atoms with E-state index in [1.54, 1.807) is 0 Å². The average Bonchev–Trinajstić information content (AvgIpc) is 2.95. The summed E-state index contributed by atoms with van der Waals surface area (Å²) in [5.41, 5.74) is 5.88. The van der Waals surface area contributed by atoms with Crippen molar-refractivity contribution in [1.29, 1.82) is 0 Å². The van der Waals surface area contributed by atoms with Crippen molar-refractivity contribution in [3.8, 4) is 0 Å². The highest BCUT2D eigenvalue weighted by atomic mass is 16.3. The Labute approximate surface area is 104 Å². The van der Waals surface area contributed by atoms with Crippen LogP contribution in [-0.2, 0) is 0 Å². The third kappa shape index (κ3) is 2.24. The molecule has 1 saturated carbocycles. The summed E-state index contributed by atoms with van der Waals surface area (Å²) in [6.07, 6.45) is 5.89. The lowest BCUT2D eigenvalue weighted by atomic mass is 10.00. The van der Waals surface area contributed by atoms with Crippen molar-refractivity contribution in [3.63, 3.8) is 0 Å². The fourth-order valence-electron chi connectivity index (χ4n) is 3.93. The summed E-state index contributed by atoms with van der Waals surface area (Å²) in [5, 5.41) is 9.34. The van der Waals surface area contributed by atoms with Gasteiger partial charge in [-0.15, -0.1) is 0 Å². The number of rotatable bonds is 2. The zero-order chi connectivity index (χ0) is 11.9. The van der Waals surface area contributed by atoms with Gasteiger partial charge in [0.1, 0.15) is 0 Å². The van der Waals surface area contributed by atoms with Gasteiger partial charge in [-0.1, -0.05) is 0 Å². The molecule has 2 aliphatic heterocycles. The molecule has 4 heteroatoms. The molecule has 2 heterocycles. The first-order valence-corrected chi connectivity index (χ1v) is 7.08. The summed E-state index contributed by atoms with van der Waals surface area (Å²) in [7, 11) is 0. The smallest absolute Gasteiger partial charge is 0.0611 e. The van der Waals surface area contributed by atoms with Gasteiger partial charge in [0, 0.05) is 37.3 Å². The molecule has 0 bridgehead atoms. The Balaban J connectivity index is 1.59. The van der Waals surface area contributed by atoms with Gasteiger partial charge in [-0.25, -0.2) is 0 Å². The molecule has 3 aliphatic rings. The molecule has 0 aromatic carbocycles. The lowest BCUT2D eigenvalue weighted by molar-refractivity contribution is 0.0691. The molecule has 17 heavy (non-hydrogen) atoms. The van der Waals surface area contributed by atoms with E-state index in [4.69, 9.17) is 5.73 Å². The molecular weight excluding hydrogens is 214 g/mol. The van der Waals surface area contributed by atoms with Crippen LogP contribution in [0.2, 0.25) is 0 Å². The van der Waals surface area contributed by atoms with Crippen molar-refractivity contribution in [1.82, 2.24) is 9.80 Å². The first-order valence-electron chi connectivity index (χ1n) is 7.08. The molecule has 0 amide bonds. The Hall–Kier alpha value is -0.160. The SMILES string of the molecule is NC1(CO)CCC(N2CCN3CCCC3C2)C1. The number of aliphatic hydroxyl groups is 1. The maximum absolute atomic E-state index is 9.34. The molecule has 3 fully saturated rings. The van der Waals surface area contributed by atoms with Gasteiger partial charge in [0.2, 0.25) is 0 Å².